The molecule has 100 valence electrons. The molecule has 1 aromatic rings. The lowest BCUT2D eigenvalue weighted by molar-refractivity contribution is -0.144. The van der Waals surface area contributed by atoms with Crippen LogP contribution in [0, 0.1) is 5.92 Å². The second kappa shape index (κ2) is 5.71. The van der Waals surface area contributed by atoms with Crippen LogP contribution in [0.4, 0.5) is 0 Å². The number of nitrogens with zero attached hydrogens (tertiary/aromatic N) is 2. The first-order valence-corrected chi connectivity index (χ1v) is 7.14. The van der Waals surface area contributed by atoms with E-state index in [-0.39, 0.29) is 5.92 Å². The third-order valence-corrected chi connectivity index (χ3v) is 4.25. The van der Waals surface area contributed by atoms with Gasteiger partial charge in [-0.15, -0.1) is 0 Å². The molecule has 0 bridgehead atoms. The highest BCUT2D eigenvalue weighted by Gasteiger charge is 2.50. The molecule has 1 saturated carbocycles. The Kier molecular flexibility index (Phi) is 4.23. The third-order valence-electron chi connectivity index (χ3n) is 3.18. The van der Waals surface area contributed by atoms with Crippen molar-refractivity contribution in [2.24, 2.45) is 5.92 Å². The fourth-order valence-corrected chi connectivity index (χ4v) is 3.06. The van der Waals surface area contributed by atoms with Crippen molar-refractivity contribution in [3.8, 4) is 0 Å². The zero-order chi connectivity index (χ0) is 13.0. The van der Waals surface area contributed by atoms with Crippen LogP contribution in [0.3, 0.4) is 0 Å². The maximum absolute atomic E-state index is 11.6. The van der Waals surface area contributed by atoms with Gasteiger partial charge in [0.2, 0.25) is 0 Å². The van der Waals surface area contributed by atoms with Gasteiger partial charge in [0.05, 0.1) is 0 Å². The maximum Gasteiger partial charge on any atom is 0.325 e. The molecule has 0 aliphatic heterocycles. The number of aromatic amines is 1. The molecule has 1 fully saturated rings. The average molecular weight is 270 g/mol. The number of hydrogen-bond acceptors (Lipinski definition) is 5. The number of nitrogens with one attached hydrogen (secondary N) is 2. The van der Waals surface area contributed by atoms with Crippen molar-refractivity contribution >= 4 is 17.7 Å². The van der Waals surface area contributed by atoms with Crippen molar-refractivity contribution in [2.45, 2.75) is 36.9 Å². The Labute approximate surface area is 110 Å². The van der Waals surface area contributed by atoms with Crippen LogP contribution in [0.15, 0.2) is 11.5 Å². The molecule has 7 heteroatoms. The van der Waals surface area contributed by atoms with E-state index >= 15 is 0 Å². The molecule has 0 radical (unpaired) electrons. The maximum atomic E-state index is 11.6. The van der Waals surface area contributed by atoms with Gasteiger partial charge in [0.25, 0.3) is 0 Å². The van der Waals surface area contributed by atoms with Gasteiger partial charge in [0.15, 0.2) is 5.16 Å². The number of aromatic nitrogens is 3. The lowest BCUT2D eigenvalue weighted by Crippen LogP contribution is -2.56. The van der Waals surface area contributed by atoms with Gasteiger partial charge in [-0.1, -0.05) is 18.7 Å². The van der Waals surface area contributed by atoms with Crippen LogP contribution in [0.5, 0.6) is 0 Å². The van der Waals surface area contributed by atoms with Crippen LogP contribution in [0.2, 0.25) is 0 Å². The first-order chi connectivity index (χ1) is 8.69. The SMILES string of the molecule is CCCNC(CSc1ncn[nH]1)(C(=O)O)C1CC1. The fourth-order valence-electron chi connectivity index (χ4n) is 2.00. The molecule has 1 aliphatic rings. The first kappa shape index (κ1) is 13.4. The molecular formula is C11H18N4O2S. The Balaban J connectivity index is 2.04. The topological polar surface area (TPSA) is 90.9 Å². The highest BCUT2D eigenvalue weighted by atomic mass is 32.2. The molecule has 1 aromatic heterocycles. The molecule has 0 aromatic carbocycles. The lowest BCUT2D eigenvalue weighted by Gasteiger charge is -2.30. The Hall–Kier alpha value is -1.08. The van der Waals surface area contributed by atoms with Gasteiger partial charge >= 0.3 is 5.97 Å². The summed E-state index contributed by atoms with van der Waals surface area (Å²) in [6.45, 7) is 2.76. The Bertz CT molecular complexity index is 394. The van der Waals surface area contributed by atoms with E-state index in [0.717, 1.165) is 25.8 Å². The second-order valence-electron chi connectivity index (χ2n) is 4.56. The van der Waals surface area contributed by atoms with Crippen LogP contribution < -0.4 is 5.32 Å². The smallest absolute Gasteiger partial charge is 0.325 e. The van der Waals surface area contributed by atoms with E-state index in [2.05, 4.69) is 20.5 Å². The van der Waals surface area contributed by atoms with Crippen molar-refractivity contribution in [1.29, 1.82) is 0 Å². The quantitative estimate of drug-likeness (QED) is 0.613. The molecule has 2 rings (SSSR count). The molecule has 18 heavy (non-hydrogen) atoms. The summed E-state index contributed by atoms with van der Waals surface area (Å²) < 4.78 is 0. The van der Waals surface area contributed by atoms with E-state index in [1.165, 1.54) is 18.1 Å². The van der Waals surface area contributed by atoms with Crippen LogP contribution in [-0.4, -0.2) is 44.1 Å². The van der Waals surface area contributed by atoms with Crippen LogP contribution in [-0.2, 0) is 4.79 Å². The minimum absolute atomic E-state index is 0.233. The molecule has 1 heterocycles. The monoisotopic (exact) mass is 270 g/mol. The van der Waals surface area contributed by atoms with E-state index in [0.29, 0.717) is 10.9 Å². The summed E-state index contributed by atoms with van der Waals surface area (Å²) in [7, 11) is 0. The summed E-state index contributed by atoms with van der Waals surface area (Å²) in [6, 6.07) is 0. The molecule has 0 amide bonds. The second-order valence-corrected chi connectivity index (χ2v) is 5.52. The zero-order valence-corrected chi connectivity index (χ0v) is 11.2. The number of aliphatic carboxylic acids is 1. The van der Waals surface area contributed by atoms with Crippen molar-refractivity contribution in [3.05, 3.63) is 6.33 Å². The molecule has 6 nitrogen and oxygen atoms in total. The van der Waals surface area contributed by atoms with E-state index in [1.54, 1.807) is 0 Å². The van der Waals surface area contributed by atoms with E-state index in [4.69, 9.17) is 0 Å². The number of carbonyl (C=O) groups is 1. The fraction of sp³-hybridized carbons (Fsp3) is 0.727. The molecule has 0 spiro atoms. The Morgan fingerprint density at radius 1 is 1.72 bits per heavy atom. The molecule has 1 aliphatic carbocycles. The number of H-pyrrole nitrogens is 1. The van der Waals surface area contributed by atoms with Crippen LogP contribution in [0.1, 0.15) is 26.2 Å². The van der Waals surface area contributed by atoms with Gasteiger partial charge < -0.3 is 10.4 Å². The third kappa shape index (κ3) is 2.84. The summed E-state index contributed by atoms with van der Waals surface area (Å²) in [4.78, 5) is 15.7. The zero-order valence-electron chi connectivity index (χ0n) is 10.3. The highest BCUT2D eigenvalue weighted by Crippen LogP contribution is 2.42. The number of rotatable bonds is 8. The number of carboxylic acid groups (broad SMARTS) is 1. The van der Waals surface area contributed by atoms with Gasteiger partial charge in [-0.3, -0.25) is 9.89 Å². The van der Waals surface area contributed by atoms with E-state index < -0.39 is 11.5 Å². The summed E-state index contributed by atoms with van der Waals surface area (Å²) >= 11 is 1.41. The first-order valence-electron chi connectivity index (χ1n) is 6.15. The van der Waals surface area contributed by atoms with Crippen molar-refractivity contribution in [2.75, 3.05) is 12.3 Å². The average Bonchev–Trinajstić information content (AvgIpc) is 3.07. The Morgan fingerprint density at radius 2 is 2.50 bits per heavy atom. The number of thioether (sulfide) groups is 1. The minimum atomic E-state index is -0.826. The lowest BCUT2D eigenvalue weighted by atomic mass is 9.95. The van der Waals surface area contributed by atoms with Crippen molar-refractivity contribution in [1.82, 2.24) is 20.5 Å². The molecule has 3 N–H and O–H groups in total. The molecule has 0 saturated heterocycles. The predicted molar refractivity (Wildman–Crippen MR) is 68.5 cm³/mol. The van der Waals surface area contributed by atoms with Gasteiger partial charge in [0.1, 0.15) is 11.9 Å². The van der Waals surface area contributed by atoms with Gasteiger partial charge in [0, 0.05) is 5.75 Å². The Morgan fingerprint density at radius 3 is 3.00 bits per heavy atom. The molecular weight excluding hydrogens is 252 g/mol. The van der Waals surface area contributed by atoms with Gasteiger partial charge in [-0.05, 0) is 31.7 Å². The van der Waals surface area contributed by atoms with Crippen LogP contribution in [0.25, 0.3) is 0 Å². The number of hydrogen-bond donors (Lipinski definition) is 3. The van der Waals surface area contributed by atoms with E-state index in [9.17, 15) is 9.90 Å². The minimum Gasteiger partial charge on any atom is -0.480 e. The van der Waals surface area contributed by atoms with Crippen molar-refractivity contribution < 1.29 is 9.90 Å². The number of carboxylic acids is 1. The summed E-state index contributed by atoms with van der Waals surface area (Å²) in [5.74, 6) is -0.0511. The van der Waals surface area contributed by atoms with E-state index in [1.807, 2.05) is 6.92 Å². The highest BCUT2D eigenvalue weighted by molar-refractivity contribution is 7.99. The standard InChI is InChI=1S/C11H18N4O2S/c1-2-5-13-11(9(16)17,8-3-4-8)6-18-10-12-7-14-15-10/h7-8,13H,2-6H2,1H3,(H,16,17)(H,12,14,15). The summed E-state index contributed by atoms with van der Waals surface area (Å²) in [5, 5.41) is 20.0. The van der Waals surface area contributed by atoms with Crippen molar-refractivity contribution in [3.63, 3.8) is 0 Å². The van der Waals surface area contributed by atoms with Gasteiger partial charge in [-0.2, -0.15) is 5.10 Å². The summed E-state index contributed by atoms with van der Waals surface area (Å²) in [5.41, 5.74) is -0.826. The largest absolute Gasteiger partial charge is 0.480 e. The molecule has 1 atom stereocenters. The predicted octanol–water partition coefficient (Wildman–Crippen LogP) is 1.13. The van der Waals surface area contributed by atoms with Gasteiger partial charge in [-0.25, -0.2) is 4.98 Å². The normalized spacial score (nSPS) is 18.5. The summed E-state index contributed by atoms with van der Waals surface area (Å²) in [6.07, 6.45) is 4.33. The van der Waals surface area contributed by atoms with Crippen LogP contribution >= 0.6 is 11.8 Å². The molecule has 1 unspecified atom stereocenters.